The summed E-state index contributed by atoms with van der Waals surface area (Å²) in [6, 6.07) is 11.3. The Labute approximate surface area is 157 Å². The molecule has 0 aliphatic rings. The number of hydrogen-bond donors (Lipinski definition) is 0. The average molecular weight is 384 g/mol. The van der Waals surface area contributed by atoms with Crippen molar-refractivity contribution in [2.75, 3.05) is 0 Å². The lowest BCUT2D eigenvalue weighted by molar-refractivity contribution is 0.380. The van der Waals surface area contributed by atoms with E-state index in [0.29, 0.717) is 34.3 Å². The lowest BCUT2D eigenvalue weighted by Gasteiger charge is -2.13. The number of thioether (sulfide) groups is 1. The van der Waals surface area contributed by atoms with Crippen LogP contribution in [-0.2, 0) is 6.54 Å². The van der Waals surface area contributed by atoms with Gasteiger partial charge in [-0.15, -0.1) is 11.3 Å². The largest absolute Gasteiger partial charge is 0.338 e. The van der Waals surface area contributed by atoms with Gasteiger partial charge < -0.3 is 4.52 Å². The molecular formula is C18H16N4O2S2. The van der Waals surface area contributed by atoms with Gasteiger partial charge in [0.25, 0.3) is 5.56 Å². The van der Waals surface area contributed by atoms with Crippen LogP contribution in [0.4, 0.5) is 0 Å². The smallest absolute Gasteiger partial charge is 0.262 e. The monoisotopic (exact) mass is 384 g/mol. The SMILES string of the molecule is CCn1c(SC(C)c2nc(-c3cccs3)no2)nc2ccccc2c1=O. The van der Waals surface area contributed by atoms with Gasteiger partial charge in [0, 0.05) is 6.54 Å². The van der Waals surface area contributed by atoms with Crippen molar-refractivity contribution in [3.63, 3.8) is 0 Å². The van der Waals surface area contributed by atoms with E-state index in [1.54, 1.807) is 22.0 Å². The van der Waals surface area contributed by atoms with Crippen molar-refractivity contribution in [1.82, 2.24) is 19.7 Å². The topological polar surface area (TPSA) is 73.8 Å². The summed E-state index contributed by atoms with van der Waals surface area (Å²) in [7, 11) is 0. The van der Waals surface area contributed by atoms with Gasteiger partial charge in [0.05, 0.1) is 21.0 Å². The van der Waals surface area contributed by atoms with Gasteiger partial charge in [-0.1, -0.05) is 35.1 Å². The molecule has 0 radical (unpaired) electrons. The van der Waals surface area contributed by atoms with Crippen molar-refractivity contribution in [2.24, 2.45) is 0 Å². The summed E-state index contributed by atoms with van der Waals surface area (Å²) in [6.07, 6.45) is 0. The number of hydrogen-bond acceptors (Lipinski definition) is 7. The molecule has 1 aromatic carbocycles. The van der Waals surface area contributed by atoms with E-state index in [-0.39, 0.29) is 10.8 Å². The molecule has 4 rings (SSSR count). The van der Waals surface area contributed by atoms with Gasteiger partial charge in [-0.05, 0) is 37.4 Å². The van der Waals surface area contributed by atoms with E-state index in [1.807, 2.05) is 49.6 Å². The second-order valence-corrected chi connectivity index (χ2v) is 7.91. The standard InChI is InChI=1S/C18H16N4O2S2/c1-3-22-17(23)12-7-4-5-8-13(12)19-18(22)26-11(2)16-20-15(21-24-16)14-9-6-10-25-14/h4-11H,3H2,1-2H3. The fourth-order valence-electron chi connectivity index (χ4n) is 2.63. The van der Waals surface area contributed by atoms with Crippen LogP contribution in [-0.4, -0.2) is 19.7 Å². The highest BCUT2D eigenvalue weighted by molar-refractivity contribution is 7.99. The van der Waals surface area contributed by atoms with E-state index in [4.69, 9.17) is 4.52 Å². The number of fused-ring (bicyclic) bond motifs is 1. The van der Waals surface area contributed by atoms with E-state index >= 15 is 0 Å². The molecule has 132 valence electrons. The summed E-state index contributed by atoms with van der Waals surface area (Å²) in [5.74, 6) is 1.10. The van der Waals surface area contributed by atoms with Crippen LogP contribution in [0.3, 0.4) is 0 Å². The molecule has 0 N–H and O–H groups in total. The number of benzene rings is 1. The molecule has 0 saturated carbocycles. The molecule has 0 aliphatic carbocycles. The maximum absolute atomic E-state index is 12.7. The van der Waals surface area contributed by atoms with Crippen molar-refractivity contribution < 1.29 is 4.52 Å². The zero-order chi connectivity index (χ0) is 18.1. The molecule has 1 unspecified atom stereocenters. The van der Waals surface area contributed by atoms with Gasteiger partial charge >= 0.3 is 0 Å². The van der Waals surface area contributed by atoms with Crippen LogP contribution in [0.5, 0.6) is 0 Å². The number of aromatic nitrogens is 4. The molecule has 1 atom stereocenters. The Bertz CT molecular complexity index is 1100. The minimum Gasteiger partial charge on any atom is -0.338 e. The maximum Gasteiger partial charge on any atom is 0.262 e. The molecule has 4 aromatic rings. The molecule has 0 spiro atoms. The molecule has 3 heterocycles. The van der Waals surface area contributed by atoms with E-state index in [9.17, 15) is 4.79 Å². The number of nitrogens with zero attached hydrogens (tertiary/aromatic N) is 4. The second kappa shape index (κ2) is 7.05. The normalized spacial score (nSPS) is 12.5. The Hall–Kier alpha value is -2.45. The first-order chi connectivity index (χ1) is 12.7. The Balaban J connectivity index is 1.67. The molecular weight excluding hydrogens is 368 g/mol. The molecule has 6 nitrogen and oxygen atoms in total. The van der Waals surface area contributed by atoms with E-state index in [2.05, 4.69) is 15.1 Å². The Morgan fingerprint density at radius 1 is 1.23 bits per heavy atom. The summed E-state index contributed by atoms with van der Waals surface area (Å²) in [5, 5.41) is 7.19. The first-order valence-electron chi connectivity index (χ1n) is 8.21. The molecule has 0 fully saturated rings. The predicted octanol–water partition coefficient (Wildman–Crippen LogP) is 4.38. The molecule has 8 heteroatoms. The quantitative estimate of drug-likeness (QED) is 0.375. The predicted molar refractivity (Wildman–Crippen MR) is 104 cm³/mol. The second-order valence-electron chi connectivity index (χ2n) is 5.65. The van der Waals surface area contributed by atoms with E-state index < -0.39 is 0 Å². The van der Waals surface area contributed by atoms with Crippen molar-refractivity contribution in [3.8, 4) is 10.7 Å². The van der Waals surface area contributed by atoms with Gasteiger partial charge in [0.2, 0.25) is 11.7 Å². The first kappa shape index (κ1) is 17.0. The third-order valence-electron chi connectivity index (χ3n) is 3.96. The number of thiophene rings is 1. The summed E-state index contributed by atoms with van der Waals surface area (Å²) in [6.45, 7) is 4.46. The Kier molecular flexibility index (Phi) is 4.60. The van der Waals surface area contributed by atoms with Crippen LogP contribution < -0.4 is 5.56 Å². The Morgan fingerprint density at radius 3 is 2.85 bits per heavy atom. The fourth-order valence-corrected chi connectivity index (χ4v) is 4.28. The van der Waals surface area contributed by atoms with Gasteiger partial charge in [0.15, 0.2) is 5.16 Å². The lowest BCUT2D eigenvalue weighted by atomic mass is 10.2. The van der Waals surface area contributed by atoms with Gasteiger partial charge in [-0.3, -0.25) is 9.36 Å². The zero-order valence-corrected chi connectivity index (χ0v) is 15.9. The first-order valence-corrected chi connectivity index (χ1v) is 9.97. The van der Waals surface area contributed by atoms with Gasteiger partial charge in [-0.2, -0.15) is 4.98 Å². The van der Waals surface area contributed by atoms with Gasteiger partial charge in [0.1, 0.15) is 0 Å². The third-order valence-corrected chi connectivity index (χ3v) is 5.90. The molecule has 0 bridgehead atoms. The zero-order valence-electron chi connectivity index (χ0n) is 14.2. The van der Waals surface area contributed by atoms with Crippen LogP contribution in [0.25, 0.3) is 21.6 Å². The highest BCUT2D eigenvalue weighted by atomic mass is 32.2. The van der Waals surface area contributed by atoms with Crippen molar-refractivity contribution >= 4 is 34.0 Å². The van der Waals surface area contributed by atoms with Crippen LogP contribution >= 0.6 is 23.1 Å². The number of para-hydroxylation sites is 1. The number of rotatable bonds is 5. The van der Waals surface area contributed by atoms with Crippen molar-refractivity contribution in [2.45, 2.75) is 30.8 Å². The van der Waals surface area contributed by atoms with Crippen molar-refractivity contribution in [1.29, 1.82) is 0 Å². The minimum absolute atomic E-state index is 0.0300. The third kappa shape index (κ3) is 3.06. The summed E-state index contributed by atoms with van der Waals surface area (Å²) >= 11 is 3.01. The van der Waals surface area contributed by atoms with Crippen molar-refractivity contribution in [3.05, 3.63) is 58.0 Å². The molecule has 26 heavy (non-hydrogen) atoms. The summed E-state index contributed by atoms with van der Waals surface area (Å²) in [5.41, 5.74) is 0.666. The molecule has 0 amide bonds. The van der Waals surface area contributed by atoms with Crippen LogP contribution in [0, 0.1) is 0 Å². The maximum atomic E-state index is 12.7. The van der Waals surface area contributed by atoms with Crippen LogP contribution in [0.15, 0.2) is 56.3 Å². The molecule has 3 aromatic heterocycles. The lowest BCUT2D eigenvalue weighted by Crippen LogP contribution is -2.22. The summed E-state index contributed by atoms with van der Waals surface area (Å²) < 4.78 is 7.10. The minimum atomic E-state index is -0.123. The molecule has 0 aliphatic heterocycles. The highest BCUT2D eigenvalue weighted by Crippen LogP contribution is 2.34. The fraction of sp³-hybridized carbons (Fsp3) is 0.222. The van der Waals surface area contributed by atoms with E-state index in [1.165, 1.54) is 11.8 Å². The van der Waals surface area contributed by atoms with Crippen LogP contribution in [0.1, 0.15) is 25.0 Å². The van der Waals surface area contributed by atoms with Crippen LogP contribution in [0.2, 0.25) is 0 Å². The van der Waals surface area contributed by atoms with Gasteiger partial charge in [-0.25, -0.2) is 4.98 Å². The highest BCUT2D eigenvalue weighted by Gasteiger charge is 2.20. The Morgan fingerprint density at radius 2 is 2.08 bits per heavy atom. The molecule has 0 saturated heterocycles. The summed E-state index contributed by atoms with van der Waals surface area (Å²) in [4.78, 5) is 22.8. The average Bonchev–Trinajstić information content (AvgIpc) is 3.33. The van der Waals surface area contributed by atoms with E-state index in [0.717, 1.165) is 4.88 Å².